The van der Waals surface area contributed by atoms with Crippen molar-refractivity contribution < 1.29 is 14.0 Å². The van der Waals surface area contributed by atoms with Crippen LogP contribution in [0.4, 0.5) is 15.8 Å². The first kappa shape index (κ1) is 27.1. The molecule has 5 rings (SSSR count). The fourth-order valence-corrected chi connectivity index (χ4v) is 6.35. The maximum atomic E-state index is 15.8. The van der Waals surface area contributed by atoms with Crippen molar-refractivity contribution in [1.82, 2.24) is 5.32 Å². The molecular weight excluding hydrogens is 538 g/mol. The van der Waals surface area contributed by atoms with Crippen LogP contribution in [0.25, 0.3) is 0 Å². The van der Waals surface area contributed by atoms with Gasteiger partial charge in [0.25, 0.3) is 0 Å². The van der Waals surface area contributed by atoms with E-state index >= 15 is 4.39 Å². The summed E-state index contributed by atoms with van der Waals surface area (Å²) in [7, 11) is 0. The third-order valence-electron chi connectivity index (χ3n) is 7.50. The highest BCUT2D eigenvalue weighted by molar-refractivity contribution is 6.31. The maximum absolute atomic E-state index is 15.8. The van der Waals surface area contributed by atoms with Crippen LogP contribution in [0.15, 0.2) is 60.7 Å². The molecule has 0 saturated carbocycles. The van der Waals surface area contributed by atoms with Crippen LogP contribution in [0.5, 0.6) is 0 Å². The lowest BCUT2D eigenvalue weighted by molar-refractivity contribution is -0.122. The van der Waals surface area contributed by atoms with Crippen LogP contribution in [-0.2, 0) is 15.0 Å². The minimum absolute atomic E-state index is 0.0945. The lowest BCUT2D eigenvalue weighted by Gasteiger charge is -2.37. The molecule has 0 aliphatic carbocycles. The van der Waals surface area contributed by atoms with Crippen molar-refractivity contribution in [3.05, 3.63) is 93.2 Å². The molecule has 2 aliphatic heterocycles. The zero-order valence-electron chi connectivity index (χ0n) is 21.6. The quantitative estimate of drug-likeness (QED) is 0.342. The van der Waals surface area contributed by atoms with Gasteiger partial charge in [0.15, 0.2) is 0 Å². The van der Waals surface area contributed by atoms with E-state index in [9.17, 15) is 9.59 Å². The molecule has 1 fully saturated rings. The average molecular weight is 565 g/mol. The third-order valence-corrected chi connectivity index (χ3v) is 8.03. The first-order valence-electron chi connectivity index (χ1n) is 12.6. The van der Waals surface area contributed by atoms with Crippen molar-refractivity contribution in [2.75, 3.05) is 10.6 Å². The average Bonchev–Trinajstić information content (AvgIpc) is 3.35. The Morgan fingerprint density at radius 2 is 1.85 bits per heavy atom. The summed E-state index contributed by atoms with van der Waals surface area (Å²) in [5, 5.41) is 18.8. The molecular formula is C30H27Cl2FN4O2. The van der Waals surface area contributed by atoms with Gasteiger partial charge in [-0.15, -0.1) is 0 Å². The predicted octanol–water partition coefficient (Wildman–Crippen LogP) is 6.39. The number of carbonyl (C=O) groups excluding carboxylic acids is 2. The molecule has 1 saturated heterocycles. The van der Waals surface area contributed by atoms with E-state index in [1.54, 1.807) is 54.6 Å². The molecule has 6 nitrogen and oxygen atoms in total. The van der Waals surface area contributed by atoms with E-state index < -0.39 is 35.1 Å². The van der Waals surface area contributed by atoms with Gasteiger partial charge >= 0.3 is 0 Å². The number of nitrogens with one attached hydrogen (secondary N) is 3. The number of fused-ring (bicyclic) bond motifs is 2. The van der Waals surface area contributed by atoms with Crippen molar-refractivity contribution in [3.63, 3.8) is 0 Å². The largest absolute Gasteiger partial charge is 0.325 e. The second-order valence-corrected chi connectivity index (χ2v) is 12.1. The van der Waals surface area contributed by atoms with Gasteiger partial charge in [-0.2, -0.15) is 5.26 Å². The molecule has 4 atom stereocenters. The molecule has 2 aliphatic rings. The SMILES string of the molecule is CC(C)(C)C[C@@H]1N[C@@H](C(=O)Nc2ccc(C#N)cc2)[C@H](c2cccc(Cl)c2F)[C@]12C(=O)Nc1cc(Cl)ccc12. The third kappa shape index (κ3) is 4.67. The monoisotopic (exact) mass is 564 g/mol. The highest BCUT2D eigenvalue weighted by atomic mass is 35.5. The van der Waals surface area contributed by atoms with Crippen molar-refractivity contribution in [2.45, 2.75) is 50.6 Å². The van der Waals surface area contributed by atoms with Crippen LogP contribution < -0.4 is 16.0 Å². The van der Waals surface area contributed by atoms with Gasteiger partial charge in [-0.05, 0) is 65.4 Å². The molecule has 3 N–H and O–H groups in total. The first-order valence-corrected chi connectivity index (χ1v) is 13.3. The molecule has 0 aromatic heterocycles. The minimum atomic E-state index is -1.33. The fourth-order valence-electron chi connectivity index (χ4n) is 6.00. The molecule has 2 heterocycles. The number of amides is 2. The number of hydrogen-bond donors (Lipinski definition) is 3. The van der Waals surface area contributed by atoms with Gasteiger partial charge in [-0.25, -0.2) is 4.39 Å². The number of nitrogens with zero attached hydrogens (tertiary/aromatic N) is 1. The summed E-state index contributed by atoms with van der Waals surface area (Å²) in [6.07, 6.45) is 0.516. The Kier molecular flexibility index (Phi) is 6.92. The number of anilines is 2. The van der Waals surface area contributed by atoms with Gasteiger partial charge in [0.2, 0.25) is 11.8 Å². The van der Waals surface area contributed by atoms with E-state index in [0.717, 1.165) is 0 Å². The smallest absolute Gasteiger partial charge is 0.242 e. The summed E-state index contributed by atoms with van der Waals surface area (Å²) in [5.74, 6) is -2.38. The second-order valence-electron chi connectivity index (χ2n) is 11.3. The van der Waals surface area contributed by atoms with Crippen molar-refractivity contribution in [1.29, 1.82) is 5.26 Å². The van der Waals surface area contributed by atoms with E-state index in [4.69, 9.17) is 28.5 Å². The predicted molar refractivity (Wildman–Crippen MR) is 150 cm³/mol. The molecule has 1 spiro atoms. The number of hydrogen-bond acceptors (Lipinski definition) is 4. The topological polar surface area (TPSA) is 94.0 Å². The molecule has 0 bridgehead atoms. The highest BCUT2D eigenvalue weighted by Gasteiger charge is 2.66. The lowest BCUT2D eigenvalue weighted by atomic mass is 9.62. The number of benzene rings is 3. The summed E-state index contributed by atoms with van der Waals surface area (Å²) >= 11 is 12.5. The molecule has 0 radical (unpaired) electrons. The molecule has 0 unspecified atom stereocenters. The van der Waals surface area contributed by atoms with E-state index in [-0.39, 0.29) is 21.9 Å². The van der Waals surface area contributed by atoms with Crippen LogP contribution in [0.1, 0.15) is 49.8 Å². The van der Waals surface area contributed by atoms with Crippen LogP contribution in [0, 0.1) is 22.6 Å². The maximum Gasteiger partial charge on any atom is 0.242 e. The van der Waals surface area contributed by atoms with Gasteiger partial charge in [-0.1, -0.05) is 62.2 Å². The molecule has 2 amide bonds. The molecule has 200 valence electrons. The Hall–Kier alpha value is -3.44. The summed E-state index contributed by atoms with van der Waals surface area (Å²) in [5.41, 5.74) is 0.715. The van der Waals surface area contributed by atoms with Crippen molar-refractivity contribution in [3.8, 4) is 6.07 Å². The zero-order valence-corrected chi connectivity index (χ0v) is 23.1. The Labute approximate surface area is 236 Å². The van der Waals surface area contributed by atoms with Crippen LogP contribution in [-0.4, -0.2) is 23.9 Å². The van der Waals surface area contributed by atoms with Gasteiger partial charge < -0.3 is 16.0 Å². The minimum Gasteiger partial charge on any atom is -0.325 e. The van der Waals surface area contributed by atoms with Crippen LogP contribution in [0.3, 0.4) is 0 Å². The number of nitriles is 1. The van der Waals surface area contributed by atoms with Gasteiger partial charge in [0.1, 0.15) is 11.2 Å². The standard InChI is InChI=1S/C30H27Cl2FN4O2/c1-29(2,3)14-23-30(20-12-9-17(31)13-22(20)36-28(30)39)24(19-5-4-6-21(32)25(19)33)26(37-23)27(38)35-18-10-7-16(15-34)8-11-18/h4-13,23-24,26,37H,14H2,1-3H3,(H,35,38)(H,36,39)/t23-,24-,26+,30+/m0/s1. The summed E-state index contributed by atoms with van der Waals surface area (Å²) in [6, 6.07) is 16.8. The Bertz CT molecular complexity index is 1510. The molecule has 3 aromatic carbocycles. The lowest BCUT2D eigenvalue weighted by Crippen LogP contribution is -2.49. The van der Waals surface area contributed by atoms with Gasteiger partial charge in [0, 0.05) is 28.4 Å². The molecule has 3 aromatic rings. The van der Waals surface area contributed by atoms with E-state index in [1.807, 2.05) is 6.07 Å². The molecule has 9 heteroatoms. The summed E-state index contributed by atoms with van der Waals surface area (Å²) in [4.78, 5) is 28.1. The summed E-state index contributed by atoms with van der Waals surface area (Å²) in [6.45, 7) is 6.16. The fraction of sp³-hybridized carbons (Fsp3) is 0.300. The van der Waals surface area contributed by atoms with Gasteiger partial charge in [-0.3, -0.25) is 9.59 Å². The van der Waals surface area contributed by atoms with E-state index in [2.05, 4.69) is 36.7 Å². The Morgan fingerprint density at radius 3 is 2.51 bits per heavy atom. The molecule has 39 heavy (non-hydrogen) atoms. The number of halogens is 3. The van der Waals surface area contributed by atoms with Gasteiger partial charge in [0.05, 0.1) is 22.7 Å². The zero-order chi connectivity index (χ0) is 28.1. The Morgan fingerprint density at radius 1 is 1.13 bits per heavy atom. The van der Waals surface area contributed by atoms with Crippen LogP contribution >= 0.6 is 23.2 Å². The summed E-state index contributed by atoms with van der Waals surface area (Å²) < 4.78 is 15.8. The van der Waals surface area contributed by atoms with Crippen molar-refractivity contribution >= 4 is 46.4 Å². The Balaban J connectivity index is 1.71. The normalized spacial score (nSPS) is 23.8. The van der Waals surface area contributed by atoms with Crippen LogP contribution in [0.2, 0.25) is 10.0 Å². The highest BCUT2D eigenvalue weighted by Crippen LogP contribution is 2.57. The van der Waals surface area contributed by atoms with E-state index in [1.165, 1.54) is 6.07 Å². The number of rotatable bonds is 4. The first-order chi connectivity index (χ1) is 18.5. The number of carbonyl (C=O) groups is 2. The van der Waals surface area contributed by atoms with Crippen molar-refractivity contribution in [2.24, 2.45) is 5.41 Å². The second kappa shape index (κ2) is 9.95. The van der Waals surface area contributed by atoms with E-state index in [0.29, 0.717) is 33.9 Å².